The summed E-state index contributed by atoms with van der Waals surface area (Å²) in [6.07, 6.45) is 0.666. The lowest BCUT2D eigenvalue weighted by Gasteiger charge is -2.28. The minimum Gasteiger partial charge on any atom is -0.379 e. The fraction of sp³-hybridized carbons (Fsp3) is 0.368. The van der Waals surface area contributed by atoms with Crippen molar-refractivity contribution >= 4 is 20.0 Å². The van der Waals surface area contributed by atoms with Gasteiger partial charge >= 0.3 is 0 Å². The van der Waals surface area contributed by atoms with Crippen LogP contribution in [0.3, 0.4) is 0 Å². The summed E-state index contributed by atoms with van der Waals surface area (Å²) in [6, 6.07) is 13.3. The van der Waals surface area contributed by atoms with Crippen molar-refractivity contribution in [1.82, 2.24) is 8.61 Å². The van der Waals surface area contributed by atoms with E-state index in [1.165, 1.54) is 38.4 Å². The van der Waals surface area contributed by atoms with Gasteiger partial charge in [0.2, 0.25) is 20.0 Å². The van der Waals surface area contributed by atoms with Crippen molar-refractivity contribution in [2.75, 3.05) is 32.8 Å². The third kappa shape index (κ3) is 3.60. The van der Waals surface area contributed by atoms with E-state index in [0.29, 0.717) is 45.8 Å². The van der Waals surface area contributed by atoms with Gasteiger partial charge in [-0.1, -0.05) is 24.3 Å². The van der Waals surface area contributed by atoms with Gasteiger partial charge in [-0.25, -0.2) is 16.8 Å². The Labute approximate surface area is 165 Å². The normalized spacial score (nSPS) is 19.3. The van der Waals surface area contributed by atoms with Crippen molar-refractivity contribution in [2.24, 2.45) is 0 Å². The predicted molar refractivity (Wildman–Crippen MR) is 104 cm³/mol. The fourth-order valence-corrected chi connectivity index (χ4v) is 6.37. The van der Waals surface area contributed by atoms with Gasteiger partial charge in [-0.05, 0) is 41.8 Å². The SMILES string of the molecule is O=S(=O)(c1ccc(S(=O)(=O)N2CCc3ccccc3C2)cc1)N1CCOCC1. The number of rotatable bonds is 4. The highest BCUT2D eigenvalue weighted by atomic mass is 32.2. The van der Waals surface area contributed by atoms with E-state index in [0.717, 1.165) is 5.56 Å². The molecule has 2 aliphatic heterocycles. The van der Waals surface area contributed by atoms with Crippen LogP contribution in [0.1, 0.15) is 11.1 Å². The smallest absolute Gasteiger partial charge is 0.243 e. The van der Waals surface area contributed by atoms with E-state index in [-0.39, 0.29) is 9.79 Å². The van der Waals surface area contributed by atoms with E-state index in [4.69, 9.17) is 4.74 Å². The second kappa shape index (κ2) is 7.57. The number of morpholine rings is 1. The molecular formula is C19H22N2O5S2. The molecule has 0 amide bonds. The Morgan fingerprint density at radius 2 is 1.21 bits per heavy atom. The minimum atomic E-state index is -3.69. The summed E-state index contributed by atoms with van der Waals surface area (Å²) in [5.41, 5.74) is 2.17. The van der Waals surface area contributed by atoms with Crippen molar-refractivity contribution < 1.29 is 21.6 Å². The molecule has 2 aromatic carbocycles. The maximum absolute atomic E-state index is 13.0. The molecule has 4 rings (SSSR count). The molecule has 7 nitrogen and oxygen atoms in total. The molecule has 1 saturated heterocycles. The average molecular weight is 423 g/mol. The molecule has 2 aliphatic rings. The summed E-state index contributed by atoms with van der Waals surface area (Å²) in [7, 11) is -7.33. The van der Waals surface area contributed by atoms with Crippen LogP contribution in [0.2, 0.25) is 0 Å². The lowest BCUT2D eigenvalue weighted by molar-refractivity contribution is 0.0730. The topological polar surface area (TPSA) is 84.0 Å². The second-order valence-electron chi connectivity index (χ2n) is 6.85. The second-order valence-corrected chi connectivity index (χ2v) is 10.7. The Morgan fingerprint density at radius 1 is 0.679 bits per heavy atom. The number of nitrogens with zero attached hydrogens (tertiary/aromatic N) is 2. The summed E-state index contributed by atoms with van der Waals surface area (Å²) in [6.45, 7) is 2.06. The number of benzene rings is 2. The van der Waals surface area contributed by atoms with Gasteiger partial charge in [-0.3, -0.25) is 0 Å². The molecule has 150 valence electrons. The largest absolute Gasteiger partial charge is 0.379 e. The highest BCUT2D eigenvalue weighted by Crippen LogP contribution is 2.26. The Kier molecular flexibility index (Phi) is 5.28. The van der Waals surface area contributed by atoms with Crippen LogP contribution in [0.15, 0.2) is 58.3 Å². The van der Waals surface area contributed by atoms with Crippen LogP contribution in [0.4, 0.5) is 0 Å². The molecule has 0 atom stereocenters. The average Bonchev–Trinajstić information content (AvgIpc) is 2.74. The van der Waals surface area contributed by atoms with Gasteiger partial charge in [0, 0.05) is 26.2 Å². The van der Waals surface area contributed by atoms with Crippen molar-refractivity contribution in [3.63, 3.8) is 0 Å². The quantitative estimate of drug-likeness (QED) is 0.745. The number of ether oxygens (including phenoxy) is 1. The van der Waals surface area contributed by atoms with Gasteiger partial charge in [0.1, 0.15) is 0 Å². The standard InChI is InChI=1S/C19H22N2O5S2/c22-27(23,20-11-13-26-14-12-20)18-5-7-19(8-6-18)28(24,25)21-10-9-16-3-1-2-4-17(16)15-21/h1-8H,9-15H2. The molecule has 9 heteroatoms. The number of hydrogen-bond donors (Lipinski definition) is 0. The predicted octanol–water partition coefficient (Wildman–Crippen LogP) is 1.45. The van der Waals surface area contributed by atoms with E-state index in [1.807, 2.05) is 24.3 Å². The summed E-state index contributed by atoms with van der Waals surface area (Å²) < 4.78 is 59.4. The summed E-state index contributed by atoms with van der Waals surface area (Å²) in [4.78, 5) is 0.199. The maximum atomic E-state index is 13.0. The molecule has 2 heterocycles. The molecule has 28 heavy (non-hydrogen) atoms. The van der Waals surface area contributed by atoms with Crippen LogP contribution >= 0.6 is 0 Å². The van der Waals surface area contributed by atoms with Crippen LogP contribution < -0.4 is 0 Å². The molecular weight excluding hydrogens is 400 g/mol. The molecule has 0 radical (unpaired) electrons. The number of fused-ring (bicyclic) bond motifs is 1. The molecule has 0 spiro atoms. The van der Waals surface area contributed by atoms with Crippen molar-refractivity contribution in [1.29, 1.82) is 0 Å². The van der Waals surface area contributed by atoms with Crippen LogP contribution in [0.5, 0.6) is 0 Å². The molecule has 0 unspecified atom stereocenters. The van der Waals surface area contributed by atoms with E-state index in [2.05, 4.69) is 0 Å². The summed E-state index contributed by atoms with van der Waals surface area (Å²) in [5, 5.41) is 0. The van der Waals surface area contributed by atoms with Crippen LogP contribution in [0.25, 0.3) is 0 Å². The fourth-order valence-electron chi connectivity index (χ4n) is 3.54. The Morgan fingerprint density at radius 3 is 1.82 bits per heavy atom. The van der Waals surface area contributed by atoms with Gasteiger partial charge < -0.3 is 4.74 Å². The first-order chi connectivity index (χ1) is 13.4. The first-order valence-corrected chi connectivity index (χ1v) is 12.0. The monoisotopic (exact) mass is 422 g/mol. The summed E-state index contributed by atoms with van der Waals surface area (Å²) >= 11 is 0. The van der Waals surface area contributed by atoms with Crippen LogP contribution in [-0.2, 0) is 37.7 Å². The van der Waals surface area contributed by atoms with Crippen LogP contribution in [0, 0.1) is 0 Å². The van der Waals surface area contributed by atoms with Gasteiger partial charge in [0.25, 0.3) is 0 Å². The van der Waals surface area contributed by atoms with Crippen molar-refractivity contribution in [3.8, 4) is 0 Å². The molecule has 0 N–H and O–H groups in total. The Balaban J connectivity index is 1.56. The van der Waals surface area contributed by atoms with Crippen molar-refractivity contribution in [2.45, 2.75) is 22.8 Å². The third-order valence-corrected chi connectivity index (χ3v) is 8.94. The Hall–Kier alpha value is -1.78. The van der Waals surface area contributed by atoms with Crippen molar-refractivity contribution in [3.05, 3.63) is 59.7 Å². The zero-order chi connectivity index (χ0) is 19.8. The molecule has 0 aliphatic carbocycles. The zero-order valence-electron chi connectivity index (χ0n) is 15.3. The van der Waals surface area contributed by atoms with Gasteiger partial charge in [0.05, 0.1) is 23.0 Å². The first-order valence-electron chi connectivity index (χ1n) is 9.14. The number of hydrogen-bond acceptors (Lipinski definition) is 5. The molecule has 0 bridgehead atoms. The van der Waals surface area contributed by atoms with E-state index < -0.39 is 20.0 Å². The zero-order valence-corrected chi connectivity index (χ0v) is 17.0. The molecule has 0 aromatic heterocycles. The van der Waals surface area contributed by atoms with Gasteiger partial charge in [-0.2, -0.15) is 8.61 Å². The van der Waals surface area contributed by atoms with Crippen LogP contribution in [-0.4, -0.2) is 58.3 Å². The highest BCUT2D eigenvalue weighted by molar-refractivity contribution is 7.89. The molecule has 0 saturated carbocycles. The van der Waals surface area contributed by atoms with E-state index >= 15 is 0 Å². The third-order valence-electron chi connectivity index (χ3n) is 5.16. The highest BCUT2D eigenvalue weighted by Gasteiger charge is 2.30. The Bertz CT molecular complexity index is 1060. The van der Waals surface area contributed by atoms with Gasteiger partial charge in [0.15, 0.2) is 0 Å². The maximum Gasteiger partial charge on any atom is 0.243 e. The lowest BCUT2D eigenvalue weighted by Crippen LogP contribution is -2.40. The van der Waals surface area contributed by atoms with E-state index in [1.54, 1.807) is 0 Å². The minimum absolute atomic E-state index is 0.0948. The van der Waals surface area contributed by atoms with Gasteiger partial charge in [-0.15, -0.1) is 0 Å². The van der Waals surface area contributed by atoms with E-state index in [9.17, 15) is 16.8 Å². The molecule has 1 fully saturated rings. The lowest BCUT2D eigenvalue weighted by atomic mass is 10.0. The summed E-state index contributed by atoms with van der Waals surface area (Å²) in [5.74, 6) is 0. The molecule has 2 aromatic rings. The first kappa shape index (κ1) is 19.5. The number of sulfonamides is 2.